The highest BCUT2D eigenvalue weighted by Crippen LogP contribution is 2.28. The summed E-state index contributed by atoms with van der Waals surface area (Å²) in [6, 6.07) is 11.3. The molecule has 0 spiro atoms. The van der Waals surface area contributed by atoms with Crippen molar-refractivity contribution in [1.82, 2.24) is 4.98 Å². The first-order valence-electron chi connectivity index (χ1n) is 8.57. The van der Waals surface area contributed by atoms with Gasteiger partial charge in [0.25, 0.3) is 5.91 Å². The third-order valence-corrected chi connectivity index (χ3v) is 5.04. The number of nitrogens with zero attached hydrogens (tertiary/aromatic N) is 1. The molecule has 0 saturated carbocycles. The molecule has 0 radical (unpaired) electrons. The highest BCUT2D eigenvalue weighted by Gasteiger charge is 2.22. The molecule has 2 aromatic carbocycles. The summed E-state index contributed by atoms with van der Waals surface area (Å²) < 4.78 is 29.7. The van der Waals surface area contributed by atoms with Gasteiger partial charge in [-0.15, -0.1) is 0 Å². The SMILES string of the molecule is COCc1c(C(=O)OCC(=O)Nc2nc3ccc(F)cc3s2)oc2ccccc12. The minimum Gasteiger partial charge on any atom is -0.450 e. The molecule has 4 aromatic rings. The molecule has 2 heterocycles. The number of halogens is 1. The van der Waals surface area contributed by atoms with Crippen molar-refractivity contribution in [1.29, 1.82) is 0 Å². The van der Waals surface area contributed by atoms with E-state index in [0.717, 1.165) is 16.7 Å². The number of amides is 1. The van der Waals surface area contributed by atoms with Crippen molar-refractivity contribution in [3.05, 3.63) is 59.6 Å². The molecule has 0 fully saturated rings. The van der Waals surface area contributed by atoms with Crippen LogP contribution < -0.4 is 5.32 Å². The maximum atomic E-state index is 13.3. The molecular weight excluding hydrogens is 399 g/mol. The van der Waals surface area contributed by atoms with Gasteiger partial charge >= 0.3 is 5.97 Å². The largest absolute Gasteiger partial charge is 0.450 e. The number of esters is 1. The Morgan fingerprint density at radius 2 is 2.07 bits per heavy atom. The van der Waals surface area contributed by atoms with Gasteiger partial charge < -0.3 is 13.9 Å². The molecule has 148 valence electrons. The molecule has 0 saturated heterocycles. The molecule has 0 aliphatic rings. The number of hydrogen-bond donors (Lipinski definition) is 1. The van der Waals surface area contributed by atoms with Crippen LogP contribution in [-0.4, -0.2) is 30.6 Å². The highest BCUT2D eigenvalue weighted by molar-refractivity contribution is 7.22. The van der Waals surface area contributed by atoms with E-state index < -0.39 is 18.5 Å². The van der Waals surface area contributed by atoms with Crippen LogP contribution in [0.15, 0.2) is 46.9 Å². The van der Waals surface area contributed by atoms with Crippen LogP contribution in [0.1, 0.15) is 16.1 Å². The molecule has 2 aromatic heterocycles. The number of carbonyl (C=O) groups excluding carboxylic acids is 2. The lowest BCUT2D eigenvalue weighted by atomic mass is 10.1. The van der Waals surface area contributed by atoms with Gasteiger partial charge in [0.15, 0.2) is 11.7 Å². The number of hydrogen-bond acceptors (Lipinski definition) is 7. The summed E-state index contributed by atoms with van der Waals surface area (Å²) in [6.45, 7) is -0.359. The van der Waals surface area contributed by atoms with E-state index in [1.165, 1.54) is 25.3 Å². The molecule has 9 heteroatoms. The third kappa shape index (κ3) is 3.96. The monoisotopic (exact) mass is 414 g/mol. The van der Waals surface area contributed by atoms with Crippen molar-refractivity contribution in [2.45, 2.75) is 6.61 Å². The van der Waals surface area contributed by atoms with Crippen LogP contribution >= 0.6 is 11.3 Å². The Morgan fingerprint density at radius 3 is 2.90 bits per heavy atom. The van der Waals surface area contributed by atoms with Crippen LogP contribution in [0, 0.1) is 5.82 Å². The van der Waals surface area contributed by atoms with Crippen LogP contribution in [0.4, 0.5) is 9.52 Å². The first kappa shape index (κ1) is 19.0. The zero-order chi connectivity index (χ0) is 20.4. The Balaban J connectivity index is 1.44. The number of benzene rings is 2. The Kier molecular flexibility index (Phi) is 5.24. The van der Waals surface area contributed by atoms with Gasteiger partial charge in [-0.3, -0.25) is 10.1 Å². The number of methoxy groups -OCH3 is 1. The molecule has 1 amide bonds. The third-order valence-electron chi connectivity index (χ3n) is 4.10. The second-order valence-electron chi connectivity index (χ2n) is 6.09. The number of rotatable bonds is 6. The van der Waals surface area contributed by atoms with E-state index >= 15 is 0 Å². The maximum absolute atomic E-state index is 13.3. The van der Waals surface area contributed by atoms with Gasteiger partial charge in [-0.25, -0.2) is 14.2 Å². The van der Waals surface area contributed by atoms with Crippen molar-refractivity contribution in [2.24, 2.45) is 0 Å². The number of ether oxygens (including phenoxy) is 2. The van der Waals surface area contributed by atoms with Gasteiger partial charge in [0.05, 0.1) is 16.8 Å². The predicted molar refractivity (Wildman–Crippen MR) is 105 cm³/mol. The summed E-state index contributed by atoms with van der Waals surface area (Å²) in [5.41, 5.74) is 1.65. The predicted octanol–water partition coefficient (Wildman–Crippen LogP) is 4.12. The lowest BCUT2D eigenvalue weighted by Gasteiger charge is -2.04. The molecule has 4 rings (SSSR count). The minimum atomic E-state index is -0.769. The Labute approximate surface area is 168 Å². The van der Waals surface area contributed by atoms with Crippen molar-refractivity contribution in [2.75, 3.05) is 19.0 Å². The lowest BCUT2D eigenvalue weighted by Crippen LogP contribution is -2.21. The van der Waals surface area contributed by atoms with Crippen molar-refractivity contribution < 1.29 is 27.9 Å². The summed E-state index contributed by atoms with van der Waals surface area (Å²) in [7, 11) is 1.51. The summed E-state index contributed by atoms with van der Waals surface area (Å²) >= 11 is 1.12. The van der Waals surface area contributed by atoms with E-state index in [1.807, 2.05) is 12.1 Å². The van der Waals surface area contributed by atoms with Crippen molar-refractivity contribution >= 4 is 49.5 Å². The van der Waals surface area contributed by atoms with E-state index in [4.69, 9.17) is 13.9 Å². The topological polar surface area (TPSA) is 90.7 Å². The van der Waals surface area contributed by atoms with E-state index in [1.54, 1.807) is 12.1 Å². The van der Waals surface area contributed by atoms with Crippen LogP contribution in [-0.2, 0) is 20.9 Å². The van der Waals surface area contributed by atoms with Gasteiger partial charge in [-0.2, -0.15) is 0 Å². The molecule has 0 aliphatic carbocycles. The molecule has 0 aliphatic heterocycles. The van der Waals surface area contributed by atoms with Gasteiger partial charge in [0.1, 0.15) is 11.4 Å². The first-order valence-corrected chi connectivity index (χ1v) is 9.39. The number of carbonyl (C=O) groups is 2. The van der Waals surface area contributed by atoms with Gasteiger partial charge in [-0.1, -0.05) is 29.5 Å². The number of thiazole rings is 1. The molecule has 0 bridgehead atoms. The Hall–Kier alpha value is -3.30. The van der Waals surface area contributed by atoms with E-state index in [-0.39, 0.29) is 23.3 Å². The quantitative estimate of drug-likeness (QED) is 0.477. The van der Waals surface area contributed by atoms with Gasteiger partial charge in [0.2, 0.25) is 5.76 Å². The number of furan rings is 1. The fourth-order valence-electron chi connectivity index (χ4n) is 2.86. The molecule has 1 N–H and O–H groups in total. The smallest absolute Gasteiger partial charge is 0.375 e. The number of aromatic nitrogens is 1. The van der Waals surface area contributed by atoms with Crippen molar-refractivity contribution in [3.63, 3.8) is 0 Å². The molecule has 7 nitrogen and oxygen atoms in total. The number of fused-ring (bicyclic) bond motifs is 2. The molecule has 29 heavy (non-hydrogen) atoms. The Bertz CT molecular complexity index is 1220. The average molecular weight is 414 g/mol. The highest BCUT2D eigenvalue weighted by atomic mass is 32.1. The molecule has 0 unspecified atom stereocenters. The summed E-state index contributed by atoms with van der Waals surface area (Å²) in [4.78, 5) is 28.8. The van der Waals surface area contributed by atoms with Crippen LogP contribution in [0.2, 0.25) is 0 Å². The average Bonchev–Trinajstić information content (AvgIpc) is 3.27. The summed E-state index contributed by atoms with van der Waals surface area (Å²) in [5, 5.41) is 3.57. The molecular formula is C20H15FN2O5S. The summed E-state index contributed by atoms with van der Waals surface area (Å²) in [5.74, 6) is -1.72. The van der Waals surface area contributed by atoms with Crippen LogP contribution in [0.5, 0.6) is 0 Å². The second-order valence-corrected chi connectivity index (χ2v) is 7.12. The first-order chi connectivity index (χ1) is 14.0. The Morgan fingerprint density at radius 1 is 1.24 bits per heavy atom. The van der Waals surface area contributed by atoms with Gasteiger partial charge in [0, 0.05) is 18.1 Å². The zero-order valence-electron chi connectivity index (χ0n) is 15.2. The standard InChI is InChI=1S/C20H15FN2O5S/c1-26-9-13-12-4-2-3-5-15(12)28-18(13)19(25)27-10-17(24)23-20-22-14-7-6-11(21)8-16(14)29-20/h2-8H,9-10H2,1H3,(H,22,23,24). The summed E-state index contributed by atoms with van der Waals surface area (Å²) in [6.07, 6.45) is 0. The van der Waals surface area contributed by atoms with Crippen LogP contribution in [0.25, 0.3) is 21.2 Å². The van der Waals surface area contributed by atoms with E-state index in [2.05, 4.69) is 10.3 Å². The fraction of sp³-hybridized carbons (Fsp3) is 0.150. The minimum absolute atomic E-state index is 0.00341. The second kappa shape index (κ2) is 7.98. The van der Waals surface area contributed by atoms with E-state index in [0.29, 0.717) is 21.4 Å². The molecule has 0 atom stereocenters. The number of para-hydroxylation sites is 1. The van der Waals surface area contributed by atoms with Crippen LogP contribution in [0.3, 0.4) is 0 Å². The fourth-order valence-corrected chi connectivity index (χ4v) is 3.76. The number of nitrogens with one attached hydrogen (secondary N) is 1. The van der Waals surface area contributed by atoms with E-state index in [9.17, 15) is 14.0 Å². The van der Waals surface area contributed by atoms with Gasteiger partial charge in [-0.05, 0) is 24.3 Å². The normalized spacial score (nSPS) is 11.1. The van der Waals surface area contributed by atoms with Crippen molar-refractivity contribution in [3.8, 4) is 0 Å². The maximum Gasteiger partial charge on any atom is 0.375 e. The zero-order valence-corrected chi connectivity index (χ0v) is 16.0. The number of anilines is 1. The lowest BCUT2D eigenvalue weighted by molar-refractivity contribution is -0.119.